The molecular weight excluding hydrogens is 420 g/mol. The van der Waals surface area contributed by atoms with Gasteiger partial charge >= 0.3 is 5.97 Å². The first-order valence-corrected chi connectivity index (χ1v) is 12.4. The average Bonchev–Trinajstić information content (AvgIpc) is 3.05. The monoisotopic (exact) mass is 460 g/mol. The van der Waals surface area contributed by atoms with E-state index in [1.54, 1.807) is 7.11 Å². The summed E-state index contributed by atoms with van der Waals surface area (Å²) in [4.78, 5) is 22.4. The Morgan fingerprint density at radius 3 is 2.52 bits per heavy atom. The number of nitrogens with zero attached hydrogens (tertiary/aromatic N) is 2. The Bertz CT molecular complexity index is 882. The second-order valence-corrected chi connectivity index (χ2v) is 11.1. The van der Waals surface area contributed by atoms with E-state index in [4.69, 9.17) is 14.4 Å². The molecule has 0 bridgehead atoms. The summed E-state index contributed by atoms with van der Waals surface area (Å²) >= 11 is 0. The maximum atomic E-state index is 12.3. The van der Waals surface area contributed by atoms with E-state index in [0.717, 1.165) is 44.2 Å². The summed E-state index contributed by atoms with van der Waals surface area (Å²) in [6.07, 6.45) is 9.11. The van der Waals surface area contributed by atoms with Crippen molar-refractivity contribution in [3.63, 3.8) is 0 Å². The van der Waals surface area contributed by atoms with Crippen molar-refractivity contribution in [3.8, 4) is 0 Å². The van der Waals surface area contributed by atoms with Crippen molar-refractivity contribution in [3.05, 3.63) is 11.6 Å². The Morgan fingerprint density at radius 2 is 1.88 bits per heavy atom. The predicted octanol–water partition coefficient (Wildman–Crippen LogP) is 4.49. The zero-order valence-corrected chi connectivity index (χ0v) is 21.0. The molecule has 0 aliphatic heterocycles. The van der Waals surface area contributed by atoms with Gasteiger partial charge in [-0.05, 0) is 80.1 Å². The lowest BCUT2D eigenvalue weighted by Crippen LogP contribution is -2.60. The number of rotatable bonds is 5. The molecule has 0 saturated heterocycles. The maximum absolute atomic E-state index is 12.3. The van der Waals surface area contributed by atoms with Crippen LogP contribution in [0.15, 0.2) is 22.0 Å². The van der Waals surface area contributed by atoms with E-state index in [2.05, 4.69) is 37.2 Å². The number of allylic oxidation sites excluding steroid dienone is 2. The van der Waals surface area contributed by atoms with E-state index in [-0.39, 0.29) is 23.4 Å². The molecule has 0 amide bonds. The first kappa shape index (κ1) is 24.2. The summed E-state index contributed by atoms with van der Waals surface area (Å²) in [7, 11) is 3.09. The number of esters is 1. The van der Waals surface area contributed by atoms with Crippen LogP contribution in [-0.2, 0) is 19.2 Å². The van der Waals surface area contributed by atoms with Crippen LogP contribution in [0.1, 0.15) is 72.6 Å². The number of oxime groups is 2. The number of aliphatic hydroxyl groups excluding tert-OH is 1. The van der Waals surface area contributed by atoms with Crippen LogP contribution in [0.2, 0.25) is 0 Å². The van der Waals surface area contributed by atoms with Crippen LogP contribution in [0.3, 0.4) is 0 Å². The standard InChI is InChI=1S/C26H40N2O5/c1-16-13-19-20(24(3)10-7-18(27-31-5)14-22(16)24)8-11-25(4)21(19)9-12-26(25,33-17(2)30)23(15-29)28-32-6/h14,16,19-21,29H,7-13,15H2,1-6H3/b27-18-,28-23-/t16?,19-,20+,21+,24-,25+,26+/m1/s1. The number of fused-ring (bicyclic) bond motifs is 5. The van der Waals surface area contributed by atoms with E-state index in [9.17, 15) is 9.90 Å². The smallest absolute Gasteiger partial charge is 0.303 e. The van der Waals surface area contributed by atoms with Crippen molar-refractivity contribution in [1.29, 1.82) is 0 Å². The first-order valence-electron chi connectivity index (χ1n) is 12.4. The Labute approximate surface area is 197 Å². The van der Waals surface area contributed by atoms with Gasteiger partial charge in [0, 0.05) is 12.3 Å². The molecule has 7 heteroatoms. The summed E-state index contributed by atoms with van der Waals surface area (Å²) in [5, 5.41) is 18.6. The minimum atomic E-state index is -0.912. The van der Waals surface area contributed by atoms with Crippen molar-refractivity contribution in [2.24, 2.45) is 44.8 Å². The fraction of sp³-hybridized carbons (Fsp3) is 0.808. The van der Waals surface area contributed by atoms with Crippen molar-refractivity contribution in [1.82, 2.24) is 0 Å². The summed E-state index contributed by atoms with van der Waals surface area (Å²) in [6.45, 7) is 8.24. The van der Waals surface area contributed by atoms with Gasteiger partial charge in [-0.1, -0.05) is 36.7 Å². The second-order valence-electron chi connectivity index (χ2n) is 11.1. The molecule has 0 aromatic carbocycles. The molecule has 184 valence electrons. The summed E-state index contributed by atoms with van der Waals surface area (Å²) in [6, 6.07) is 0. The third kappa shape index (κ3) is 3.53. The SMILES string of the molecule is CO/N=C1\C=C2C(C)C[C@@H]3[C@H](CC[C@@]4(C)[C@H]3CC[C@]4(OC(C)=O)/C(CO)=N\OC)[C@@]2(C)CC1. The Balaban J connectivity index is 1.73. The highest BCUT2D eigenvalue weighted by atomic mass is 16.6. The highest BCUT2D eigenvalue weighted by Crippen LogP contribution is 2.69. The quantitative estimate of drug-likeness (QED) is 0.371. The van der Waals surface area contributed by atoms with Crippen LogP contribution in [0.5, 0.6) is 0 Å². The van der Waals surface area contributed by atoms with Gasteiger partial charge in [-0.25, -0.2) is 0 Å². The van der Waals surface area contributed by atoms with Gasteiger partial charge in [-0.2, -0.15) is 0 Å². The van der Waals surface area contributed by atoms with Crippen LogP contribution in [0.25, 0.3) is 0 Å². The van der Waals surface area contributed by atoms with Gasteiger partial charge in [-0.15, -0.1) is 0 Å². The average molecular weight is 461 g/mol. The second kappa shape index (κ2) is 8.71. The molecule has 7 nitrogen and oxygen atoms in total. The molecule has 33 heavy (non-hydrogen) atoms. The molecule has 7 atom stereocenters. The zero-order valence-electron chi connectivity index (χ0n) is 21.0. The highest BCUT2D eigenvalue weighted by molar-refractivity contribution is 5.97. The van der Waals surface area contributed by atoms with Crippen molar-refractivity contribution in [2.45, 2.75) is 78.2 Å². The minimum absolute atomic E-state index is 0.156. The number of ether oxygens (including phenoxy) is 1. The molecule has 4 aliphatic carbocycles. The highest BCUT2D eigenvalue weighted by Gasteiger charge is 2.68. The minimum Gasteiger partial charge on any atom is -0.452 e. The third-order valence-corrected chi connectivity index (χ3v) is 9.76. The number of carbonyl (C=O) groups excluding carboxylic acids is 1. The van der Waals surface area contributed by atoms with Gasteiger partial charge in [0.2, 0.25) is 0 Å². The number of hydrogen-bond donors (Lipinski definition) is 1. The molecule has 4 aliphatic rings. The van der Waals surface area contributed by atoms with Gasteiger partial charge in [0.15, 0.2) is 5.60 Å². The lowest BCUT2D eigenvalue weighted by molar-refractivity contribution is -0.168. The Morgan fingerprint density at radius 1 is 1.15 bits per heavy atom. The number of carbonyl (C=O) groups is 1. The molecule has 1 N–H and O–H groups in total. The molecular formula is C26H40N2O5. The molecule has 0 aromatic heterocycles. The normalized spacial score (nSPS) is 43.8. The van der Waals surface area contributed by atoms with Gasteiger partial charge in [-0.3, -0.25) is 4.79 Å². The third-order valence-electron chi connectivity index (χ3n) is 9.76. The van der Waals surface area contributed by atoms with Crippen LogP contribution in [0.4, 0.5) is 0 Å². The zero-order chi connectivity index (χ0) is 24.0. The fourth-order valence-electron chi connectivity index (χ4n) is 8.47. The lowest BCUT2D eigenvalue weighted by atomic mass is 9.44. The van der Waals surface area contributed by atoms with Gasteiger partial charge in [0.25, 0.3) is 0 Å². The molecule has 0 radical (unpaired) electrons. The summed E-state index contributed by atoms with van der Waals surface area (Å²) < 4.78 is 6.11. The van der Waals surface area contributed by atoms with Gasteiger partial charge in [0.05, 0.1) is 12.3 Å². The van der Waals surface area contributed by atoms with Gasteiger partial charge in [0.1, 0.15) is 19.9 Å². The summed E-state index contributed by atoms with van der Waals surface area (Å²) in [5.41, 5.74) is 1.98. The molecule has 0 aromatic rings. The van der Waals surface area contributed by atoms with Crippen molar-refractivity contribution >= 4 is 17.4 Å². The van der Waals surface area contributed by atoms with Crippen molar-refractivity contribution < 1.29 is 24.3 Å². The number of aliphatic hydroxyl groups is 1. The molecule has 3 saturated carbocycles. The first-order chi connectivity index (χ1) is 15.7. The van der Waals surface area contributed by atoms with Crippen LogP contribution >= 0.6 is 0 Å². The number of hydrogen-bond acceptors (Lipinski definition) is 7. The van der Waals surface area contributed by atoms with E-state index in [0.29, 0.717) is 35.8 Å². The summed E-state index contributed by atoms with van der Waals surface area (Å²) in [5.74, 6) is 1.67. The predicted molar refractivity (Wildman–Crippen MR) is 127 cm³/mol. The maximum Gasteiger partial charge on any atom is 0.303 e. The molecule has 4 rings (SSSR count). The van der Waals surface area contributed by atoms with E-state index < -0.39 is 5.60 Å². The molecule has 0 heterocycles. The largest absolute Gasteiger partial charge is 0.452 e. The van der Waals surface area contributed by atoms with Gasteiger partial charge < -0.3 is 19.5 Å². The van der Waals surface area contributed by atoms with Crippen LogP contribution in [-0.4, -0.2) is 48.9 Å². The Kier molecular flexibility index (Phi) is 6.40. The van der Waals surface area contributed by atoms with Crippen LogP contribution in [0, 0.1) is 34.5 Å². The fourth-order valence-corrected chi connectivity index (χ4v) is 8.47. The molecule has 1 unspecified atom stereocenters. The van der Waals surface area contributed by atoms with E-state index in [1.807, 2.05) is 0 Å². The van der Waals surface area contributed by atoms with Crippen LogP contribution < -0.4 is 0 Å². The van der Waals surface area contributed by atoms with Crippen molar-refractivity contribution in [2.75, 3.05) is 20.8 Å². The lowest BCUT2D eigenvalue weighted by Gasteiger charge is -2.60. The Hall–Kier alpha value is -1.89. The molecule has 0 spiro atoms. The molecule has 3 fully saturated rings. The van der Waals surface area contributed by atoms with E-state index in [1.165, 1.54) is 19.6 Å². The topological polar surface area (TPSA) is 89.7 Å². The van der Waals surface area contributed by atoms with E-state index >= 15 is 0 Å².